The van der Waals surface area contributed by atoms with E-state index < -0.39 is 0 Å². The summed E-state index contributed by atoms with van der Waals surface area (Å²) >= 11 is 6.01. The summed E-state index contributed by atoms with van der Waals surface area (Å²) in [7, 11) is 0. The highest BCUT2D eigenvalue weighted by Crippen LogP contribution is 2.30. The van der Waals surface area contributed by atoms with Gasteiger partial charge in [-0.1, -0.05) is 49.7 Å². The third-order valence-corrected chi connectivity index (χ3v) is 4.53. The molecule has 0 radical (unpaired) electrons. The molecule has 1 amide bonds. The van der Waals surface area contributed by atoms with Gasteiger partial charge in [0.05, 0.1) is 0 Å². The van der Waals surface area contributed by atoms with Gasteiger partial charge in [0.1, 0.15) is 0 Å². The number of piperidine rings is 1. The Morgan fingerprint density at radius 1 is 1.29 bits per heavy atom. The van der Waals surface area contributed by atoms with Crippen molar-refractivity contribution in [1.82, 2.24) is 15.0 Å². The SMILES string of the molecule is CC(C)(C)C(=O)N1CCC(c2nc(-c3cccc(Cl)c3)no2)CC1. The van der Waals surface area contributed by atoms with Crippen LogP contribution in [0.2, 0.25) is 5.02 Å². The van der Waals surface area contributed by atoms with Gasteiger partial charge in [0.25, 0.3) is 0 Å². The van der Waals surface area contributed by atoms with Gasteiger partial charge in [0, 0.05) is 35.0 Å². The number of rotatable bonds is 2. The van der Waals surface area contributed by atoms with Crippen molar-refractivity contribution in [3.63, 3.8) is 0 Å². The van der Waals surface area contributed by atoms with E-state index in [0.717, 1.165) is 31.5 Å². The average molecular weight is 348 g/mol. The Kier molecular flexibility index (Phi) is 4.63. The summed E-state index contributed by atoms with van der Waals surface area (Å²) in [6.07, 6.45) is 1.69. The monoisotopic (exact) mass is 347 g/mol. The van der Waals surface area contributed by atoms with Gasteiger partial charge < -0.3 is 9.42 Å². The minimum atomic E-state index is -0.336. The van der Waals surface area contributed by atoms with Gasteiger partial charge in [-0.05, 0) is 25.0 Å². The maximum Gasteiger partial charge on any atom is 0.230 e. The molecule has 0 spiro atoms. The Morgan fingerprint density at radius 2 is 2.00 bits per heavy atom. The summed E-state index contributed by atoms with van der Waals surface area (Å²) in [5.74, 6) is 1.61. The van der Waals surface area contributed by atoms with E-state index in [-0.39, 0.29) is 17.2 Å². The number of carbonyl (C=O) groups excluding carboxylic acids is 1. The molecule has 0 aliphatic carbocycles. The van der Waals surface area contributed by atoms with Crippen molar-refractivity contribution >= 4 is 17.5 Å². The molecule has 6 heteroatoms. The highest BCUT2D eigenvalue weighted by atomic mass is 35.5. The fraction of sp³-hybridized carbons (Fsp3) is 0.500. The van der Waals surface area contributed by atoms with Crippen LogP contribution < -0.4 is 0 Å². The molecule has 2 aromatic rings. The zero-order valence-electron chi connectivity index (χ0n) is 14.3. The third kappa shape index (κ3) is 3.61. The minimum absolute atomic E-state index is 0.200. The molecule has 0 N–H and O–H groups in total. The fourth-order valence-corrected chi connectivity index (χ4v) is 3.14. The van der Waals surface area contributed by atoms with Crippen LogP contribution in [0.4, 0.5) is 0 Å². The van der Waals surface area contributed by atoms with Crippen molar-refractivity contribution in [1.29, 1.82) is 0 Å². The zero-order chi connectivity index (χ0) is 17.3. The van der Waals surface area contributed by atoms with E-state index >= 15 is 0 Å². The van der Waals surface area contributed by atoms with Crippen LogP contribution in [0.15, 0.2) is 28.8 Å². The second kappa shape index (κ2) is 6.55. The van der Waals surface area contributed by atoms with E-state index in [9.17, 15) is 4.79 Å². The Balaban J connectivity index is 1.67. The zero-order valence-corrected chi connectivity index (χ0v) is 15.0. The summed E-state index contributed by atoms with van der Waals surface area (Å²) in [6.45, 7) is 7.33. The van der Waals surface area contributed by atoms with Crippen molar-refractivity contribution in [3.8, 4) is 11.4 Å². The molecule has 1 aromatic heterocycles. The molecule has 3 rings (SSSR count). The van der Waals surface area contributed by atoms with Crippen molar-refractivity contribution in [2.45, 2.75) is 39.5 Å². The molecule has 1 fully saturated rings. The molecule has 128 valence electrons. The van der Waals surface area contributed by atoms with Gasteiger partial charge in [0.2, 0.25) is 17.6 Å². The summed E-state index contributed by atoms with van der Waals surface area (Å²) in [6, 6.07) is 7.41. The molecule has 0 atom stereocenters. The van der Waals surface area contributed by atoms with Gasteiger partial charge in [-0.3, -0.25) is 4.79 Å². The van der Waals surface area contributed by atoms with Gasteiger partial charge in [-0.25, -0.2) is 0 Å². The number of likely N-dealkylation sites (tertiary alicyclic amines) is 1. The first-order valence-electron chi connectivity index (χ1n) is 8.23. The molecule has 1 saturated heterocycles. The van der Waals surface area contributed by atoms with Crippen molar-refractivity contribution < 1.29 is 9.32 Å². The maximum atomic E-state index is 12.3. The van der Waals surface area contributed by atoms with Crippen molar-refractivity contribution in [2.24, 2.45) is 5.41 Å². The number of carbonyl (C=O) groups is 1. The molecule has 0 unspecified atom stereocenters. The number of hydrogen-bond acceptors (Lipinski definition) is 4. The highest BCUT2D eigenvalue weighted by molar-refractivity contribution is 6.30. The summed E-state index contributed by atoms with van der Waals surface area (Å²) in [5.41, 5.74) is 0.509. The number of aromatic nitrogens is 2. The maximum absolute atomic E-state index is 12.3. The molecule has 2 heterocycles. The van der Waals surface area contributed by atoms with Crippen LogP contribution in [0.5, 0.6) is 0 Å². The van der Waals surface area contributed by atoms with Crippen LogP contribution in [-0.2, 0) is 4.79 Å². The number of amides is 1. The standard InChI is InChI=1S/C18H22ClN3O2/c1-18(2,3)17(23)22-9-7-12(8-10-22)16-20-15(21-24-16)13-5-4-6-14(19)11-13/h4-6,11-12H,7-10H2,1-3H3. The normalized spacial score (nSPS) is 16.4. The number of hydrogen-bond donors (Lipinski definition) is 0. The molecular weight excluding hydrogens is 326 g/mol. The van der Waals surface area contributed by atoms with Crippen LogP contribution >= 0.6 is 11.6 Å². The molecule has 1 aliphatic rings. The van der Waals surface area contributed by atoms with Crippen molar-refractivity contribution in [2.75, 3.05) is 13.1 Å². The lowest BCUT2D eigenvalue weighted by atomic mass is 9.91. The largest absolute Gasteiger partial charge is 0.342 e. The van der Waals surface area contributed by atoms with E-state index in [0.29, 0.717) is 16.7 Å². The fourth-order valence-electron chi connectivity index (χ4n) is 2.95. The van der Waals surface area contributed by atoms with E-state index in [2.05, 4.69) is 10.1 Å². The molecule has 0 saturated carbocycles. The predicted octanol–water partition coefficient (Wildman–Crippen LogP) is 4.14. The van der Waals surface area contributed by atoms with Gasteiger partial charge in [-0.15, -0.1) is 0 Å². The summed E-state index contributed by atoms with van der Waals surface area (Å²) in [4.78, 5) is 18.8. The van der Waals surface area contributed by atoms with Gasteiger partial charge in [-0.2, -0.15) is 4.98 Å². The van der Waals surface area contributed by atoms with E-state index in [1.807, 2.05) is 49.9 Å². The summed E-state index contributed by atoms with van der Waals surface area (Å²) < 4.78 is 5.45. The topological polar surface area (TPSA) is 59.2 Å². The van der Waals surface area contributed by atoms with Gasteiger partial charge >= 0.3 is 0 Å². The Hall–Kier alpha value is -1.88. The smallest absolute Gasteiger partial charge is 0.230 e. The first kappa shape index (κ1) is 17.0. The number of benzene rings is 1. The van der Waals surface area contributed by atoms with Gasteiger partial charge in [0.15, 0.2) is 0 Å². The number of halogens is 1. The summed E-state index contributed by atoms with van der Waals surface area (Å²) in [5, 5.41) is 4.72. The molecule has 0 bridgehead atoms. The molecule has 1 aromatic carbocycles. The lowest BCUT2D eigenvalue weighted by Crippen LogP contribution is -2.43. The van der Waals surface area contributed by atoms with E-state index in [1.165, 1.54) is 0 Å². The third-order valence-electron chi connectivity index (χ3n) is 4.30. The van der Waals surface area contributed by atoms with Crippen LogP contribution in [0.1, 0.15) is 45.4 Å². The lowest BCUT2D eigenvalue weighted by Gasteiger charge is -2.34. The van der Waals surface area contributed by atoms with Crippen LogP contribution in [0, 0.1) is 5.41 Å². The Labute approximate surface area is 147 Å². The quantitative estimate of drug-likeness (QED) is 0.819. The van der Waals surface area contributed by atoms with Crippen LogP contribution in [0.3, 0.4) is 0 Å². The molecule has 1 aliphatic heterocycles. The predicted molar refractivity (Wildman–Crippen MR) is 92.8 cm³/mol. The second-order valence-electron chi connectivity index (χ2n) is 7.28. The molecule has 5 nitrogen and oxygen atoms in total. The second-order valence-corrected chi connectivity index (χ2v) is 7.72. The number of nitrogens with zero attached hydrogens (tertiary/aromatic N) is 3. The Morgan fingerprint density at radius 3 is 2.62 bits per heavy atom. The van der Waals surface area contributed by atoms with E-state index in [1.54, 1.807) is 0 Å². The molecular formula is C18H22ClN3O2. The first-order chi connectivity index (χ1) is 11.3. The average Bonchev–Trinajstić information content (AvgIpc) is 3.03. The highest BCUT2D eigenvalue weighted by Gasteiger charge is 2.32. The van der Waals surface area contributed by atoms with Crippen LogP contribution in [-0.4, -0.2) is 34.0 Å². The Bertz CT molecular complexity index is 728. The van der Waals surface area contributed by atoms with Crippen molar-refractivity contribution in [3.05, 3.63) is 35.2 Å². The first-order valence-corrected chi connectivity index (χ1v) is 8.61. The van der Waals surface area contributed by atoms with E-state index in [4.69, 9.17) is 16.1 Å². The van der Waals surface area contributed by atoms with Crippen LogP contribution in [0.25, 0.3) is 11.4 Å². The molecule has 24 heavy (non-hydrogen) atoms. The lowest BCUT2D eigenvalue weighted by molar-refractivity contribution is -0.140. The minimum Gasteiger partial charge on any atom is -0.342 e.